The Morgan fingerprint density at radius 1 is 1.14 bits per heavy atom. The number of hydrogen-bond donors (Lipinski definition) is 0. The van der Waals surface area contributed by atoms with E-state index in [1.54, 1.807) is 0 Å². The van der Waals surface area contributed by atoms with Crippen molar-refractivity contribution in [2.45, 2.75) is 34.6 Å². The van der Waals surface area contributed by atoms with E-state index in [2.05, 4.69) is 57.8 Å². The number of benzene rings is 1. The van der Waals surface area contributed by atoms with Gasteiger partial charge < -0.3 is 0 Å². The van der Waals surface area contributed by atoms with Crippen molar-refractivity contribution in [3.8, 4) is 0 Å². The number of aryl methyl sites for hydroxylation is 2. The summed E-state index contributed by atoms with van der Waals surface area (Å²) in [6, 6.07) is 6.30. The zero-order valence-corrected chi connectivity index (χ0v) is 9.76. The molecule has 1 heteroatoms. The van der Waals surface area contributed by atoms with Crippen LogP contribution < -0.4 is 0 Å². The number of hydrogen-bond acceptors (Lipinski definition) is 1. The van der Waals surface area contributed by atoms with Gasteiger partial charge in [-0.15, -0.1) is 0 Å². The van der Waals surface area contributed by atoms with Crippen LogP contribution in [0.25, 0.3) is 0 Å². The van der Waals surface area contributed by atoms with E-state index >= 15 is 0 Å². The van der Waals surface area contributed by atoms with Gasteiger partial charge >= 0.3 is 0 Å². The standard InChI is InChI=1S/C13H19N/c1-9(2)12(5)14-13-10(3)7-6-8-11(13)4/h6-9H,1-5H3. The Morgan fingerprint density at radius 2 is 1.64 bits per heavy atom. The van der Waals surface area contributed by atoms with Crippen LogP contribution in [-0.4, -0.2) is 5.71 Å². The lowest BCUT2D eigenvalue weighted by Gasteiger charge is -2.08. The Hall–Kier alpha value is -1.11. The highest BCUT2D eigenvalue weighted by atomic mass is 14.8. The second-order valence-corrected chi connectivity index (χ2v) is 4.15. The molecule has 0 aliphatic carbocycles. The van der Waals surface area contributed by atoms with E-state index in [4.69, 9.17) is 0 Å². The van der Waals surface area contributed by atoms with Gasteiger partial charge in [0.1, 0.15) is 0 Å². The third kappa shape index (κ3) is 2.44. The normalized spacial score (nSPS) is 12.3. The first-order valence-electron chi connectivity index (χ1n) is 5.13. The molecule has 1 aromatic rings. The number of nitrogens with zero attached hydrogens (tertiary/aromatic N) is 1. The molecule has 0 spiro atoms. The van der Waals surface area contributed by atoms with Crippen LogP contribution in [0.4, 0.5) is 5.69 Å². The maximum Gasteiger partial charge on any atom is 0.0687 e. The van der Waals surface area contributed by atoms with Crippen molar-refractivity contribution in [3.63, 3.8) is 0 Å². The van der Waals surface area contributed by atoms with E-state index in [0.29, 0.717) is 5.92 Å². The Kier molecular flexibility index (Phi) is 3.45. The maximum absolute atomic E-state index is 4.67. The van der Waals surface area contributed by atoms with Gasteiger partial charge in [-0.05, 0) is 37.8 Å². The van der Waals surface area contributed by atoms with E-state index < -0.39 is 0 Å². The second kappa shape index (κ2) is 4.41. The smallest absolute Gasteiger partial charge is 0.0687 e. The monoisotopic (exact) mass is 189 g/mol. The predicted octanol–water partition coefficient (Wildman–Crippen LogP) is 4.05. The van der Waals surface area contributed by atoms with Gasteiger partial charge in [-0.3, -0.25) is 4.99 Å². The predicted molar refractivity (Wildman–Crippen MR) is 63.5 cm³/mol. The highest BCUT2D eigenvalue weighted by Crippen LogP contribution is 2.23. The van der Waals surface area contributed by atoms with Crippen LogP contribution in [0.1, 0.15) is 31.9 Å². The summed E-state index contributed by atoms with van der Waals surface area (Å²) in [4.78, 5) is 4.67. The van der Waals surface area contributed by atoms with Gasteiger partial charge in [-0.25, -0.2) is 0 Å². The summed E-state index contributed by atoms with van der Waals surface area (Å²) >= 11 is 0. The lowest BCUT2D eigenvalue weighted by molar-refractivity contribution is 0.878. The Bertz CT molecular complexity index is 328. The van der Waals surface area contributed by atoms with Crippen LogP contribution >= 0.6 is 0 Å². The molecule has 0 aromatic heterocycles. The molecule has 76 valence electrons. The molecular formula is C13H19N. The summed E-state index contributed by atoms with van der Waals surface area (Å²) in [5, 5.41) is 0. The molecule has 0 saturated carbocycles. The molecule has 0 aliphatic heterocycles. The molecule has 0 amide bonds. The van der Waals surface area contributed by atoms with Gasteiger partial charge in [0.2, 0.25) is 0 Å². The SMILES string of the molecule is CC(=Nc1c(C)cccc1C)C(C)C. The Labute approximate surface area is 86.9 Å². The Morgan fingerprint density at radius 3 is 2.07 bits per heavy atom. The first kappa shape index (κ1) is 11.0. The minimum atomic E-state index is 0.522. The second-order valence-electron chi connectivity index (χ2n) is 4.15. The van der Waals surface area contributed by atoms with Gasteiger partial charge in [0, 0.05) is 5.71 Å². The number of rotatable bonds is 2. The topological polar surface area (TPSA) is 12.4 Å². The van der Waals surface area contributed by atoms with Gasteiger partial charge in [0.05, 0.1) is 5.69 Å². The lowest BCUT2D eigenvalue weighted by atomic mass is 10.1. The summed E-state index contributed by atoms with van der Waals surface area (Å²) in [5.74, 6) is 0.522. The molecule has 0 radical (unpaired) electrons. The lowest BCUT2D eigenvalue weighted by Crippen LogP contribution is -2.01. The van der Waals surface area contributed by atoms with E-state index in [9.17, 15) is 0 Å². The molecule has 1 nitrogen and oxygen atoms in total. The minimum absolute atomic E-state index is 0.522. The van der Waals surface area contributed by atoms with Crippen molar-refractivity contribution in [2.75, 3.05) is 0 Å². The summed E-state index contributed by atoms with van der Waals surface area (Å²) in [6.07, 6.45) is 0. The summed E-state index contributed by atoms with van der Waals surface area (Å²) < 4.78 is 0. The third-order valence-electron chi connectivity index (χ3n) is 2.56. The van der Waals surface area contributed by atoms with Gasteiger partial charge in [0.15, 0.2) is 0 Å². The average Bonchev–Trinajstić information content (AvgIpc) is 2.11. The first-order chi connectivity index (χ1) is 6.52. The molecule has 1 aromatic carbocycles. The summed E-state index contributed by atoms with van der Waals surface area (Å²) in [6.45, 7) is 10.7. The average molecular weight is 189 g/mol. The maximum atomic E-state index is 4.67. The van der Waals surface area contributed by atoms with Crippen molar-refractivity contribution in [1.82, 2.24) is 0 Å². The van der Waals surface area contributed by atoms with Crippen molar-refractivity contribution in [3.05, 3.63) is 29.3 Å². The highest BCUT2D eigenvalue weighted by molar-refractivity contribution is 5.86. The van der Waals surface area contributed by atoms with Crippen LogP contribution in [0.15, 0.2) is 23.2 Å². The molecule has 0 bridgehead atoms. The Balaban J connectivity index is 3.14. The van der Waals surface area contributed by atoms with E-state index in [0.717, 1.165) is 5.69 Å². The molecule has 0 atom stereocenters. The molecule has 0 heterocycles. The number of para-hydroxylation sites is 1. The molecule has 0 fully saturated rings. The molecule has 0 saturated heterocycles. The van der Waals surface area contributed by atoms with Crippen molar-refractivity contribution >= 4 is 11.4 Å². The minimum Gasteiger partial charge on any atom is -0.257 e. The fraction of sp³-hybridized carbons (Fsp3) is 0.462. The fourth-order valence-electron chi connectivity index (χ4n) is 1.29. The van der Waals surface area contributed by atoms with Crippen LogP contribution in [0.3, 0.4) is 0 Å². The van der Waals surface area contributed by atoms with Crippen molar-refractivity contribution < 1.29 is 0 Å². The molecule has 1 rings (SSSR count). The van der Waals surface area contributed by atoms with Crippen LogP contribution in [0.5, 0.6) is 0 Å². The summed E-state index contributed by atoms with van der Waals surface area (Å²) in [5.41, 5.74) is 4.84. The zero-order valence-electron chi connectivity index (χ0n) is 9.76. The molecule has 0 unspecified atom stereocenters. The fourth-order valence-corrected chi connectivity index (χ4v) is 1.29. The van der Waals surface area contributed by atoms with Crippen LogP contribution in [0.2, 0.25) is 0 Å². The van der Waals surface area contributed by atoms with E-state index in [1.807, 2.05) is 0 Å². The molecule has 14 heavy (non-hydrogen) atoms. The molecule has 0 aliphatic rings. The zero-order chi connectivity index (χ0) is 10.7. The third-order valence-corrected chi connectivity index (χ3v) is 2.56. The first-order valence-corrected chi connectivity index (χ1v) is 5.13. The summed E-state index contributed by atoms with van der Waals surface area (Å²) in [7, 11) is 0. The largest absolute Gasteiger partial charge is 0.257 e. The molecular weight excluding hydrogens is 170 g/mol. The van der Waals surface area contributed by atoms with E-state index in [-0.39, 0.29) is 0 Å². The van der Waals surface area contributed by atoms with E-state index in [1.165, 1.54) is 16.8 Å². The molecule has 0 N–H and O–H groups in total. The van der Waals surface area contributed by atoms with Gasteiger partial charge in [0.25, 0.3) is 0 Å². The highest BCUT2D eigenvalue weighted by Gasteiger charge is 2.02. The van der Waals surface area contributed by atoms with Gasteiger partial charge in [-0.2, -0.15) is 0 Å². The van der Waals surface area contributed by atoms with Gasteiger partial charge in [-0.1, -0.05) is 32.0 Å². The van der Waals surface area contributed by atoms with Crippen molar-refractivity contribution in [1.29, 1.82) is 0 Å². The van der Waals surface area contributed by atoms with Crippen molar-refractivity contribution in [2.24, 2.45) is 10.9 Å². The quantitative estimate of drug-likeness (QED) is 0.622. The van der Waals surface area contributed by atoms with Crippen LogP contribution in [0, 0.1) is 19.8 Å². The number of aliphatic imine (C=N–C) groups is 1. The van der Waals surface area contributed by atoms with Crippen LogP contribution in [-0.2, 0) is 0 Å².